The number of ketones is 1. The van der Waals surface area contributed by atoms with Gasteiger partial charge in [-0.15, -0.1) is 0 Å². The summed E-state index contributed by atoms with van der Waals surface area (Å²) in [5.74, 6) is 0.608. The van der Waals surface area contributed by atoms with Crippen LogP contribution in [0.4, 0.5) is 0 Å². The molecule has 0 N–H and O–H groups in total. The van der Waals surface area contributed by atoms with Crippen LogP contribution in [0.25, 0.3) is 5.70 Å². The Balaban J connectivity index is 0.000000408. The molecule has 4 rings (SSSR count). The first kappa shape index (κ1) is 23.2. The van der Waals surface area contributed by atoms with E-state index < -0.39 is 0 Å². The predicted octanol–water partition coefficient (Wildman–Crippen LogP) is 4.73. The summed E-state index contributed by atoms with van der Waals surface area (Å²) in [6, 6.07) is 4.78. The summed E-state index contributed by atoms with van der Waals surface area (Å²) < 4.78 is 1.41. The predicted molar refractivity (Wildman–Crippen MR) is 107 cm³/mol. The van der Waals surface area contributed by atoms with E-state index in [9.17, 15) is 4.79 Å². The maximum absolute atomic E-state index is 12.8. The normalized spacial score (nSPS) is 17.0. The van der Waals surface area contributed by atoms with Gasteiger partial charge in [-0.1, -0.05) is 23.2 Å². The molecule has 0 atom stereocenters. The summed E-state index contributed by atoms with van der Waals surface area (Å²) in [6.07, 6.45) is 22.1. The molecule has 10 radical (unpaired) electrons. The SMILES string of the molecule is O=C(/C(=C/[C]1[CH][CH][CH][CH]1)n1cncn1)c1cc(Cl)ccc1Cl.[CH]1[CH][CH][CH][CH]1.[Fe+2]. The fourth-order valence-corrected chi connectivity index (χ4v) is 2.72. The van der Waals surface area contributed by atoms with Gasteiger partial charge in [0.25, 0.3) is 0 Å². The van der Waals surface area contributed by atoms with Gasteiger partial charge >= 0.3 is 17.1 Å². The molecule has 2 fully saturated rings. The minimum absolute atomic E-state index is 0. The molecule has 0 spiro atoms. The van der Waals surface area contributed by atoms with Crippen LogP contribution in [0.3, 0.4) is 0 Å². The van der Waals surface area contributed by atoms with Gasteiger partial charge < -0.3 is 0 Å². The molecule has 2 aromatic rings. The van der Waals surface area contributed by atoms with Crippen LogP contribution >= 0.6 is 23.2 Å². The van der Waals surface area contributed by atoms with Crippen LogP contribution in [-0.2, 0) is 17.1 Å². The van der Waals surface area contributed by atoms with Gasteiger partial charge in [0, 0.05) is 16.5 Å². The largest absolute Gasteiger partial charge is 2.00 e. The molecule has 0 bridgehead atoms. The van der Waals surface area contributed by atoms with Crippen molar-refractivity contribution in [2.45, 2.75) is 0 Å². The van der Waals surface area contributed by atoms with Crippen molar-refractivity contribution in [3.8, 4) is 0 Å². The summed E-state index contributed by atoms with van der Waals surface area (Å²) in [4.78, 5) is 16.7. The molecule has 28 heavy (non-hydrogen) atoms. The molecule has 0 aliphatic heterocycles. The number of carbonyl (C=O) groups excluding carboxylic acids is 1. The van der Waals surface area contributed by atoms with E-state index in [0.717, 1.165) is 5.92 Å². The third-order valence-corrected chi connectivity index (χ3v) is 4.18. The quantitative estimate of drug-likeness (QED) is 0.383. The van der Waals surface area contributed by atoms with Crippen LogP contribution < -0.4 is 0 Å². The Morgan fingerprint density at radius 1 is 0.964 bits per heavy atom. The van der Waals surface area contributed by atoms with Crippen LogP contribution in [0.2, 0.25) is 10.0 Å². The summed E-state index contributed by atoms with van der Waals surface area (Å²) >= 11 is 12.1. The fraction of sp³-hybridized carbons (Fsp3) is 0. The Bertz CT molecular complexity index is 775. The number of aromatic nitrogens is 3. The Morgan fingerprint density at radius 3 is 2.18 bits per heavy atom. The Hall–Kier alpha value is -1.13. The fourth-order valence-electron chi connectivity index (χ4n) is 2.34. The second-order valence-electron chi connectivity index (χ2n) is 5.50. The average Bonchev–Trinajstić information content (AvgIpc) is 3.45. The van der Waals surface area contributed by atoms with Gasteiger partial charge in [-0.2, -0.15) is 5.10 Å². The van der Waals surface area contributed by atoms with Gasteiger partial charge in [-0.25, -0.2) is 9.67 Å². The van der Waals surface area contributed by atoms with Crippen molar-refractivity contribution in [3.05, 3.63) is 116 Å². The molecule has 0 saturated heterocycles. The Kier molecular flexibility index (Phi) is 9.73. The van der Waals surface area contributed by atoms with Crippen LogP contribution in [0.15, 0.2) is 36.9 Å². The second-order valence-corrected chi connectivity index (χ2v) is 6.35. The van der Waals surface area contributed by atoms with Crippen molar-refractivity contribution in [3.63, 3.8) is 0 Å². The molecule has 1 heterocycles. The van der Waals surface area contributed by atoms with Crippen LogP contribution in [-0.4, -0.2) is 20.5 Å². The molecule has 1 aromatic carbocycles. The van der Waals surface area contributed by atoms with Gasteiger partial charge in [-0.05, 0) is 82.1 Å². The maximum Gasteiger partial charge on any atom is 2.00 e. The number of halogens is 2. The van der Waals surface area contributed by atoms with E-state index in [0.29, 0.717) is 21.3 Å². The first-order valence-corrected chi connectivity index (χ1v) is 8.85. The molecule has 2 aliphatic rings. The topological polar surface area (TPSA) is 47.8 Å². The molecular formula is C21H15Cl2FeN3O+2. The van der Waals surface area contributed by atoms with Crippen molar-refractivity contribution < 1.29 is 21.9 Å². The van der Waals surface area contributed by atoms with Crippen LogP contribution in [0.1, 0.15) is 10.4 Å². The molecule has 2 saturated carbocycles. The third-order valence-electron chi connectivity index (χ3n) is 3.62. The molecular weight excluding hydrogens is 437 g/mol. The molecule has 140 valence electrons. The zero-order chi connectivity index (χ0) is 19.1. The molecule has 1 aromatic heterocycles. The van der Waals surface area contributed by atoms with Gasteiger partial charge in [0.05, 0.1) is 5.02 Å². The van der Waals surface area contributed by atoms with Gasteiger partial charge in [0.15, 0.2) is 0 Å². The summed E-state index contributed by atoms with van der Waals surface area (Å²) in [7, 11) is 0. The minimum Gasteiger partial charge on any atom is -0.287 e. The zero-order valence-electron chi connectivity index (χ0n) is 14.5. The third kappa shape index (κ3) is 6.45. The van der Waals surface area contributed by atoms with Gasteiger partial charge in [0.1, 0.15) is 18.4 Å². The van der Waals surface area contributed by atoms with Crippen LogP contribution in [0.5, 0.6) is 0 Å². The van der Waals surface area contributed by atoms with E-state index in [1.807, 2.05) is 57.8 Å². The number of hydrogen-bond donors (Lipinski definition) is 0. The number of Topliss-reactive ketones (excluding diaryl/α,β-unsaturated/α-hetero) is 1. The van der Waals surface area contributed by atoms with E-state index in [-0.39, 0.29) is 22.9 Å². The Labute approximate surface area is 187 Å². The zero-order valence-corrected chi connectivity index (χ0v) is 17.1. The van der Waals surface area contributed by atoms with Gasteiger partial charge in [-0.3, -0.25) is 4.79 Å². The number of hydrogen-bond acceptors (Lipinski definition) is 3. The van der Waals surface area contributed by atoms with Crippen molar-refractivity contribution >= 4 is 34.7 Å². The smallest absolute Gasteiger partial charge is 0.287 e. The molecule has 4 nitrogen and oxygen atoms in total. The van der Waals surface area contributed by atoms with Crippen molar-refractivity contribution in [1.29, 1.82) is 0 Å². The van der Waals surface area contributed by atoms with E-state index in [1.165, 1.54) is 17.3 Å². The van der Waals surface area contributed by atoms with Crippen molar-refractivity contribution in [2.75, 3.05) is 0 Å². The standard InChI is InChI=1S/C16H10Cl2N3O.C5H5.Fe/c17-12-5-6-14(18)13(8-12)16(22)15(21-10-19-9-20-21)7-11-3-1-2-4-11;1-2-4-5-3-1;/h1-10H;1-5H;/q;;+2/b15-7-;;. The Morgan fingerprint density at radius 2 is 1.61 bits per heavy atom. The second kappa shape index (κ2) is 11.8. The molecule has 7 heteroatoms. The summed E-state index contributed by atoms with van der Waals surface area (Å²) in [5.41, 5.74) is 0.662. The minimum atomic E-state index is -0.279. The monoisotopic (exact) mass is 451 g/mol. The van der Waals surface area contributed by atoms with E-state index >= 15 is 0 Å². The number of carbonyl (C=O) groups is 1. The maximum atomic E-state index is 12.8. The average molecular weight is 452 g/mol. The number of benzene rings is 1. The first-order chi connectivity index (χ1) is 13.1. The van der Waals surface area contributed by atoms with E-state index in [1.54, 1.807) is 24.3 Å². The molecule has 2 aliphatic carbocycles. The number of nitrogens with zero attached hydrogens (tertiary/aromatic N) is 3. The molecule has 0 unspecified atom stereocenters. The summed E-state index contributed by atoms with van der Waals surface area (Å²) in [6.45, 7) is 0. The number of rotatable bonds is 4. The van der Waals surface area contributed by atoms with E-state index in [2.05, 4.69) is 10.1 Å². The summed E-state index contributed by atoms with van der Waals surface area (Å²) in [5, 5.41) is 4.82. The van der Waals surface area contributed by atoms with Gasteiger partial charge in [0.2, 0.25) is 5.78 Å². The van der Waals surface area contributed by atoms with Crippen molar-refractivity contribution in [2.24, 2.45) is 0 Å². The first-order valence-electron chi connectivity index (χ1n) is 8.10. The van der Waals surface area contributed by atoms with E-state index in [4.69, 9.17) is 23.2 Å². The molecule has 0 amide bonds. The van der Waals surface area contributed by atoms with Crippen molar-refractivity contribution in [1.82, 2.24) is 14.8 Å². The number of allylic oxidation sites excluding steroid dienone is 2. The van der Waals surface area contributed by atoms with Crippen LogP contribution in [0, 0.1) is 63.7 Å².